The topological polar surface area (TPSA) is 52.6 Å². The van der Waals surface area contributed by atoms with Gasteiger partial charge in [0, 0.05) is 12.3 Å². The van der Waals surface area contributed by atoms with E-state index in [4.69, 9.17) is 9.47 Å². The van der Waals surface area contributed by atoms with Crippen molar-refractivity contribution in [2.45, 2.75) is 69.7 Å². The predicted molar refractivity (Wildman–Crippen MR) is 86.1 cm³/mol. The Balaban J connectivity index is 2.07. The number of carbonyl (C=O) groups is 2. The summed E-state index contributed by atoms with van der Waals surface area (Å²) in [5.74, 6) is -0.999. The lowest BCUT2D eigenvalue weighted by atomic mass is 9.79. The molecule has 0 aliphatic carbocycles. The predicted octanol–water partition coefficient (Wildman–Crippen LogP) is 3.39. The molecule has 2 aliphatic heterocycles. The molecule has 0 saturated carbocycles. The smallest absolute Gasteiger partial charge is 0.347 e. The van der Waals surface area contributed by atoms with Gasteiger partial charge >= 0.3 is 5.97 Å². The highest BCUT2D eigenvalue weighted by atomic mass is 16.6. The van der Waals surface area contributed by atoms with Gasteiger partial charge in [-0.15, -0.1) is 0 Å². The average Bonchev–Trinajstić information content (AvgIpc) is 2.74. The molecular weight excluding hydrogens is 292 g/mol. The third kappa shape index (κ3) is 2.69. The zero-order valence-electron chi connectivity index (χ0n) is 14.2. The summed E-state index contributed by atoms with van der Waals surface area (Å²) in [5, 5.41) is 0. The molecule has 0 amide bonds. The fraction of sp³-hybridized carbons (Fsp3) is 0.579. The number of rotatable bonds is 2. The van der Waals surface area contributed by atoms with E-state index in [2.05, 4.69) is 0 Å². The van der Waals surface area contributed by atoms with Gasteiger partial charge in [0.2, 0.25) is 5.60 Å². The summed E-state index contributed by atoms with van der Waals surface area (Å²) in [6, 6.07) is 9.69. The van der Waals surface area contributed by atoms with Gasteiger partial charge in [-0.05, 0) is 46.1 Å². The normalized spacial score (nSPS) is 33.6. The molecule has 3 rings (SSSR count). The summed E-state index contributed by atoms with van der Waals surface area (Å²) in [7, 11) is 0. The minimum Gasteiger partial charge on any atom is -0.457 e. The first kappa shape index (κ1) is 16.2. The van der Waals surface area contributed by atoms with Gasteiger partial charge in [0.1, 0.15) is 5.60 Å². The van der Waals surface area contributed by atoms with Crippen molar-refractivity contribution in [3.8, 4) is 0 Å². The van der Waals surface area contributed by atoms with Crippen LogP contribution in [0.3, 0.4) is 0 Å². The average molecular weight is 316 g/mol. The molecule has 2 aliphatic rings. The fourth-order valence-electron chi connectivity index (χ4n) is 3.73. The highest BCUT2D eigenvalue weighted by Crippen LogP contribution is 2.54. The highest BCUT2D eigenvalue weighted by molar-refractivity contribution is 6.09. The molecule has 0 spiro atoms. The van der Waals surface area contributed by atoms with Gasteiger partial charge in [-0.25, -0.2) is 4.79 Å². The van der Waals surface area contributed by atoms with E-state index in [9.17, 15) is 9.59 Å². The minimum atomic E-state index is -1.50. The molecule has 124 valence electrons. The van der Waals surface area contributed by atoms with Crippen molar-refractivity contribution in [1.29, 1.82) is 0 Å². The largest absolute Gasteiger partial charge is 0.457 e. The molecule has 2 bridgehead atoms. The lowest BCUT2D eigenvalue weighted by molar-refractivity contribution is -0.199. The second-order valence-corrected chi connectivity index (χ2v) is 7.88. The Morgan fingerprint density at radius 3 is 2.52 bits per heavy atom. The Hall–Kier alpha value is -1.68. The molecule has 0 radical (unpaired) electrons. The minimum absolute atomic E-state index is 0.157. The number of Topliss-reactive ketones (excluding diaryl/α,β-unsaturated/α-hetero) is 1. The highest BCUT2D eigenvalue weighted by Gasteiger charge is 2.66. The van der Waals surface area contributed by atoms with Gasteiger partial charge in [0.25, 0.3) is 0 Å². The molecule has 0 N–H and O–H groups in total. The number of esters is 1. The molecule has 2 saturated heterocycles. The van der Waals surface area contributed by atoms with E-state index in [1.165, 1.54) is 0 Å². The standard InChI is InChI=1S/C19H24O4/c1-17(2,3)22-16(21)19-14(13-8-6-5-7-9-13)12-18(4,23-19)11-10-15(19)20/h5-9,14H,10-12H2,1-4H3/t14?,18-,19-/m1/s1. The molecule has 4 nitrogen and oxygen atoms in total. The molecule has 0 aromatic heterocycles. The maximum absolute atomic E-state index is 13.0. The number of fused-ring (bicyclic) bond motifs is 2. The Morgan fingerprint density at radius 1 is 1.26 bits per heavy atom. The van der Waals surface area contributed by atoms with E-state index in [0.29, 0.717) is 19.3 Å². The first-order valence-electron chi connectivity index (χ1n) is 8.18. The van der Waals surface area contributed by atoms with Gasteiger partial charge in [0.05, 0.1) is 5.60 Å². The Labute approximate surface area is 137 Å². The van der Waals surface area contributed by atoms with Crippen LogP contribution in [0.25, 0.3) is 0 Å². The van der Waals surface area contributed by atoms with E-state index in [0.717, 1.165) is 5.56 Å². The van der Waals surface area contributed by atoms with E-state index < -0.39 is 22.8 Å². The van der Waals surface area contributed by atoms with Crippen LogP contribution in [0, 0.1) is 0 Å². The Morgan fingerprint density at radius 2 is 1.91 bits per heavy atom. The van der Waals surface area contributed by atoms with Crippen LogP contribution in [0.5, 0.6) is 0 Å². The molecule has 1 unspecified atom stereocenters. The number of ketones is 1. The quantitative estimate of drug-likeness (QED) is 0.620. The molecule has 23 heavy (non-hydrogen) atoms. The van der Waals surface area contributed by atoms with Crippen LogP contribution in [0.1, 0.15) is 58.4 Å². The number of hydrogen-bond acceptors (Lipinski definition) is 4. The van der Waals surface area contributed by atoms with Gasteiger partial charge in [0.15, 0.2) is 5.78 Å². The van der Waals surface area contributed by atoms with E-state index >= 15 is 0 Å². The summed E-state index contributed by atoms with van der Waals surface area (Å²) in [4.78, 5) is 25.8. The second-order valence-electron chi connectivity index (χ2n) is 7.88. The van der Waals surface area contributed by atoms with Crippen LogP contribution in [-0.2, 0) is 19.1 Å². The van der Waals surface area contributed by atoms with Crippen LogP contribution in [0.2, 0.25) is 0 Å². The van der Waals surface area contributed by atoms with Gasteiger partial charge in [-0.2, -0.15) is 0 Å². The third-order valence-electron chi connectivity index (χ3n) is 4.73. The lowest BCUT2D eigenvalue weighted by Crippen LogP contribution is -2.56. The van der Waals surface area contributed by atoms with Crippen LogP contribution < -0.4 is 0 Å². The van der Waals surface area contributed by atoms with Crippen molar-refractivity contribution in [1.82, 2.24) is 0 Å². The van der Waals surface area contributed by atoms with Gasteiger partial charge < -0.3 is 9.47 Å². The molecule has 4 heteroatoms. The van der Waals surface area contributed by atoms with Crippen molar-refractivity contribution in [2.24, 2.45) is 0 Å². The lowest BCUT2D eigenvalue weighted by Gasteiger charge is -2.38. The summed E-state index contributed by atoms with van der Waals surface area (Å²) in [6.07, 6.45) is 1.67. The number of carbonyl (C=O) groups excluding carboxylic acids is 2. The molecule has 1 aromatic rings. The number of hydrogen-bond donors (Lipinski definition) is 0. The van der Waals surface area contributed by atoms with Crippen LogP contribution >= 0.6 is 0 Å². The first-order valence-corrected chi connectivity index (χ1v) is 8.18. The SMILES string of the molecule is CC(C)(C)OC(=O)[C@]12O[C@](C)(CCC1=O)CC2c1ccccc1. The van der Waals surface area contributed by atoms with Crippen LogP contribution in [-0.4, -0.2) is 28.6 Å². The number of ether oxygens (including phenoxy) is 2. The van der Waals surface area contributed by atoms with E-state index in [-0.39, 0.29) is 11.7 Å². The summed E-state index contributed by atoms with van der Waals surface area (Å²) in [5.41, 5.74) is -1.66. The fourth-order valence-corrected chi connectivity index (χ4v) is 3.73. The van der Waals surface area contributed by atoms with E-state index in [1.807, 2.05) is 37.3 Å². The molecule has 1 aromatic carbocycles. The van der Waals surface area contributed by atoms with Gasteiger partial charge in [-0.1, -0.05) is 30.3 Å². The maximum atomic E-state index is 13.0. The van der Waals surface area contributed by atoms with Crippen molar-refractivity contribution < 1.29 is 19.1 Å². The first-order chi connectivity index (χ1) is 10.7. The summed E-state index contributed by atoms with van der Waals surface area (Å²) in [6.45, 7) is 7.41. The number of benzene rings is 1. The maximum Gasteiger partial charge on any atom is 0.347 e. The van der Waals surface area contributed by atoms with Crippen molar-refractivity contribution in [3.05, 3.63) is 35.9 Å². The van der Waals surface area contributed by atoms with Crippen molar-refractivity contribution >= 4 is 11.8 Å². The van der Waals surface area contributed by atoms with Gasteiger partial charge in [-0.3, -0.25) is 4.79 Å². The monoisotopic (exact) mass is 316 g/mol. The zero-order valence-corrected chi connectivity index (χ0v) is 14.2. The molecule has 2 fully saturated rings. The van der Waals surface area contributed by atoms with Crippen molar-refractivity contribution in [3.63, 3.8) is 0 Å². The Bertz CT molecular complexity index is 631. The van der Waals surface area contributed by atoms with Crippen LogP contribution in [0.4, 0.5) is 0 Å². The molecule has 3 atom stereocenters. The summed E-state index contributed by atoms with van der Waals surface area (Å²) >= 11 is 0. The van der Waals surface area contributed by atoms with Crippen molar-refractivity contribution in [2.75, 3.05) is 0 Å². The zero-order chi connectivity index (χ0) is 16.9. The summed E-state index contributed by atoms with van der Waals surface area (Å²) < 4.78 is 11.7. The second kappa shape index (κ2) is 5.17. The van der Waals surface area contributed by atoms with Crippen LogP contribution in [0.15, 0.2) is 30.3 Å². The Kier molecular flexibility index (Phi) is 3.64. The molecular formula is C19H24O4. The third-order valence-corrected chi connectivity index (χ3v) is 4.73. The van der Waals surface area contributed by atoms with E-state index in [1.54, 1.807) is 20.8 Å². The molecule has 2 heterocycles.